The number of amides is 1. The maximum atomic E-state index is 13.3. The molecule has 148 valence electrons. The number of thiazole rings is 1. The molecule has 1 fully saturated rings. The zero-order chi connectivity index (χ0) is 20.1. The molecule has 0 atom stereocenters. The van der Waals surface area contributed by atoms with Gasteiger partial charge in [-0.05, 0) is 24.0 Å². The molecule has 4 nitrogen and oxygen atoms in total. The molecule has 0 unspecified atom stereocenters. The molecule has 30 heavy (non-hydrogen) atoms. The second kappa shape index (κ2) is 6.67. The normalized spacial score (nSPS) is 17.0. The topological polar surface area (TPSA) is 37.6 Å². The van der Waals surface area contributed by atoms with Crippen LogP contribution in [0.15, 0.2) is 72.3 Å². The van der Waals surface area contributed by atoms with E-state index in [-0.39, 0.29) is 11.3 Å². The first kappa shape index (κ1) is 17.7. The van der Waals surface area contributed by atoms with Gasteiger partial charge in [-0.1, -0.05) is 66.7 Å². The zero-order valence-corrected chi connectivity index (χ0v) is 17.3. The average Bonchev–Trinajstić information content (AvgIpc) is 3.48. The average molecular weight is 412 g/mol. The van der Waals surface area contributed by atoms with Crippen molar-refractivity contribution in [1.29, 1.82) is 0 Å². The second-order valence-electron chi connectivity index (χ2n) is 8.13. The quantitative estimate of drug-likeness (QED) is 0.451. The van der Waals surface area contributed by atoms with E-state index in [9.17, 15) is 4.79 Å². The van der Waals surface area contributed by atoms with Gasteiger partial charge >= 0.3 is 0 Å². The predicted octanol–water partition coefficient (Wildman–Crippen LogP) is 5.26. The zero-order valence-electron chi connectivity index (χ0n) is 16.5. The van der Waals surface area contributed by atoms with Gasteiger partial charge in [0.25, 0.3) is 5.91 Å². The molecule has 1 spiro atoms. The van der Waals surface area contributed by atoms with Gasteiger partial charge in [0.1, 0.15) is 5.69 Å². The monoisotopic (exact) mass is 411 g/mol. The van der Waals surface area contributed by atoms with Crippen molar-refractivity contribution in [2.45, 2.75) is 18.3 Å². The Hall–Kier alpha value is -3.18. The highest BCUT2D eigenvalue weighted by Crippen LogP contribution is 2.43. The van der Waals surface area contributed by atoms with Gasteiger partial charge < -0.3 is 4.90 Å². The van der Waals surface area contributed by atoms with Crippen LogP contribution in [0.4, 0.5) is 0 Å². The number of likely N-dealkylation sites (tertiary alicyclic amines) is 1. The van der Waals surface area contributed by atoms with Crippen molar-refractivity contribution in [2.24, 2.45) is 0 Å². The van der Waals surface area contributed by atoms with E-state index in [0.717, 1.165) is 42.1 Å². The molecule has 6 rings (SSSR count). The van der Waals surface area contributed by atoms with E-state index in [0.29, 0.717) is 5.69 Å². The molecule has 1 amide bonds. The molecule has 0 N–H and O–H groups in total. The summed E-state index contributed by atoms with van der Waals surface area (Å²) in [7, 11) is 0. The van der Waals surface area contributed by atoms with Crippen LogP contribution >= 0.6 is 11.3 Å². The summed E-state index contributed by atoms with van der Waals surface area (Å²) in [6.07, 6.45) is 8.52. The Morgan fingerprint density at radius 1 is 1.00 bits per heavy atom. The number of carbonyl (C=O) groups is 1. The first-order valence-electron chi connectivity index (χ1n) is 10.3. The largest absolute Gasteiger partial charge is 0.337 e. The molecule has 4 aromatic rings. The summed E-state index contributed by atoms with van der Waals surface area (Å²) in [6.45, 7) is 1.55. The molecule has 2 aromatic heterocycles. The Bertz CT molecular complexity index is 1280. The SMILES string of the molecule is O=C(c1csc2nc(-c3ccccc3)cn12)N1CCC2(C=Cc3ccccc32)CC1. The fraction of sp³-hybridized carbons (Fsp3) is 0.200. The van der Waals surface area contributed by atoms with E-state index >= 15 is 0 Å². The number of hydrogen-bond donors (Lipinski definition) is 0. The van der Waals surface area contributed by atoms with Crippen molar-refractivity contribution in [2.75, 3.05) is 13.1 Å². The lowest BCUT2D eigenvalue weighted by Gasteiger charge is -2.39. The van der Waals surface area contributed by atoms with Gasteiger partial charge in [-0.15, -0.1) is 11.3 Å². The second-order valence-corrected chi connectivity index (χ2v) is 8.97. The number of piperidine rings is 1. The van der Waals surface area contributed by atoms with E-state index in [1.165, 1.54) is 22.5 Å². The number of rotatable bonds is 2. The van der Waals surface area contributed by atoms with Crippen molar-refractivity contribution in [3.63, 3.8) is 0 Å². The Morgan fingerprint density at radius 3 is 2.60 bits per heavy atom. The van der Waals surface area contributed by atoms with Gasteiger partial charge in [0, 0.05) is 35.6 Å². The molecule has 0 saturated carbocycles. The fourth-order valence-electron chi connectivity index (χ4n) is 4.83. The Balaban J connectivity index is 1.25. The number of aromatic nitrogens is 2. The molecule has 5 heteroatoms. The number of fused-ring (bicyclic) bond motifs is 3. The van der Waals surface area contributed by atoms with Crippen LogP contribution in [0.5, 0.6) is 0 Å². The molecular weight excluding hydrogens is 390 g/mol. The Kier molecular flexibility index (Phi) is 3.93. The van der Waals surface area contributed by atoms with Crippen LogP contribution in [-0.4, -0.2) is 33.3 Å². The van der Waals surface area contributed by atoms with Gasteiger partial charge in [0.15, 0.2) is 4.96 Å². The summed E-state index contributed by atoms with van der Waals surface area (Å²) in [5.74, 6) is 0.100. The molecule has 1 aliphatic heterocycles. The Morgan fingerprint density at radius 2 is 1.77 bits per heavy atom. The third-order valence-electron chi connectivity index (χ3n) is 6.52. The highest BCUT2D eigenvalue weighted by atomic mass is 32.1. The summed E-state index contributed by atoms with van der Waals surface area (Å²) >= 11 is 1.52. The first-order valence-corrected chi connectivity index (χ1v) is 11.2. The summed E-state index contributed by atoms with van der Waals surface area (Å²) in [5, 5.41) is 1.94. The minimum atomic E-state index is 0.0901. The minimum Gasteiger partial charge on any atom is -0.337 e. The van der Waals surface area contributed by atoms with E-state index in [4.69, 9.17) is 4.98 Å². The van der Waals surface area contributed by atoms with Crippen LogP contribution in [0.3, 0.4) is 0 Å². The van der Waals surface area contributed by atoms with E-state index in [2.05, 4.69) is 36.4 Å². The lowest BCUT2D eigenvalue weighted by molar-refractivity contribution is 0.0683. The molecule has 2 aliphatic rings. The smallest absolute Gasteiger partial charge is 0.271 e. The number of carbonyl (C=O) groups excluding carboxylic acids is 1. The summed E-state index contributed by atoms with van der Waals surface area (Å²) in [5.41, 5.74) is 5.51. The predicted molar refractivity (Wildman–Crippen MR) is 121 cm³/mol. The molecular formula is C25H21N3OS. The van der Waals surface area contributed by atoms with Gasteiger partial charge in [-0.25, -0.2) is 4.98 Å². The van der Waals surface area contributed by atoms with Crippen LogP contribution in [-0.2, 0) is 5.41 Å². The van der Waals surface area contributed by atoms with Gasteiger partial charge in [-0.2, -0.15) is 0 Å². The third kappa shape index (κ3) is 2.66. The first-order chi connectivity index (χ1) is 14.7. The summed E-state index contributed by atoms with van der Waals surface area (Å²) in [6, 6.07) is 18.7. The maximum Gasteiger partial charge on any atom is 0.271 e. The van der Waals surface area contributed by atoms with Crippen LogP contribution in [0.2, 0.25) is 0 Å². The highest BCUT2D eigenvalue weighted by Gasteiger charge is 2.39. The van der Waals surface area contributed by atoms with Crippen LogP contribution < -0.4 is 0 Å². The summed E-state index contributed by atoms with van der Waals surface area (Å²) in [4.78, 5) is 20.9. The third-order valence-corrected chi connectivity index (χ3v) is 7.36. The molecule has 1 saturated heterocycles. The van der Waals surface area contributed by atoms with Crippen molar-refractivity contribution in [3.8, 4) is 11.3 Å². The molecule has 2 aromatic carbocycles. The molecule has 0 bridgehead atoms. The van der Waals surface area contributed by atoms with E-state index in [1.807, 2.05) is 51.2 Å². The van der Waals surface area contributed by atoms with E-state index in [1.54, 1.807) is 0 Å². The number of imidazole rings is 1. The van der Waals surface area contributed by atoms with Gasteiger partial charge in [0.2, 0.25) is 0 Å². The minimum absolute atomic E-state index is 0.0901. The van der Waals surface area contributed by atoms with Crippen LogP contribution in [0.1, 0.15) is 34.5 Å². The van der Waals surface area contributed by atoms with Gasteiger partial charge in [-0.3, -0.25) is 9.20 Å². The van der Waals surface area contributed by atoms with Crippen molar-refractivity contribution in [1.82, 2.24) is 14.3 Å². The van der Waals surface area contributed by atoms with E-state index < -0.39 is 0 Å². The molecule has 0 radical (unpaired) electrons. The van der Waals surface area contributed by atoms with Crippen molar-refractivity contribution >= 4 is 28.3 Å². The van der Waals surface area contributed by atoms with Crippen molar-refractivity contribution in [3.05, 3.63) is 89.1 Å². The molecule has 3 heterocycles. The summed E-state index contributed by atoms with van der Waals surface area (Å²) < 4.78 is 1.95. The number of hydrogen-bond acceptors (Lipinski definition) is 3. The lowest BCUT2D eigenvalue weighted by Crippen LogP contribution is -2.44. The number of nitrogens with zero attached hydrogens (tertiary/aromatic N) is 3. The number of allylic oxidation sites excluding steroid dienone is 1. The van der Waals surface area contributed by atoms with Crippen LogP contribution in [0, 0.1) is 0 Å². The standard InChI is InChI=1S/C25H21N3OS/c29-23(22-17-30-24-26-21(16-28(22)24)19-7-2-1-3-8-19)27-14-12-25(13-15-27)11-10-18-6-4-5-9-20(18)25/h1-11,16-17H,12-15H2. The fourth-order valence-corrected chi connectivity index (χ4v) is 5.67. The maximum absolute atomic E-state index is 13.3. The Labute approximate surface area is 179 Å². The van der Waals surface area contributed by atoms with Crippen LogP contribution in [0.25, 0.3) is 22.3 Å². The molecule has 1 aliphatic carbocycles. The lowest BCUT2D eigenvalue weighted by atomic mass is 9.74. The highest BCUT2D eigenvalue weighted by molar-refractivity contribution is 7.15. The van der Waals surface area contributed by atoms with Crippen molar-refractivity contribution < 1.29 is 4.79 Å². The van der Waals surface area contributed by atoms with Gasteiger partial charge in [0.05, 0.1) is 5.69 Å². The number of benzene rings is 2.